The second-order valence-electron chi connectivity index (χ2n) is 11.6. The topological polar surface area (TPSA) is 125 Å². The number of benzene rings is 1. The van der Waals surface area contributed by atoms with Crippen LogP contribution in [-0.4, -0.2) is 70.1 Å². The van der Waals surface area contributed by atoms with E-state index >= 15 is 0 Å². The second-order valence-corrected chi connectivity index (χ2v) is 13.3. The van der Waals surface area contributed by atoms with Crippen LogP contribution in [0.3, 0.4) is 0 Å². The van der Waals surface area contributed by atoms with Gasteiger partial charge in [0.15, 0.2) is 5.12 Å². The summed E-state index contributed by atoms with van der Waals surface area (Å²) in [5, 5.41) is 17.6. The predicted octanol–water partition coefficient (Wildman–Crippen LogP) is 4.10. The van der Waals surface area contributed by atoms with Crippen LogP contribution in [0.4, 0.5) is 4.79 Å². The van der Waals surface area contributed by atoms with E-state index in [4.69, 9.17) is 16.3 Å². The number of nitrogens with zero attached hydrogens (tertiary/aromatic N) is 1. The van der Waals surface area contributed by atoms with Crippen LogP contribution < -0.4 is 10.6 Å². The van der Waals surface area contributed by atoms with E-state index in [1.54, 1.807) is 30.9 Å². The number of thioether (sulfide) groups is 1. The molecule has 3 amide bonds. The number of likely N-dealkylation sites (tertiary alicyclic amines) is 1. The van der Waals surface area contributed by atoms with E-state index in [-0.39, 0.29) is 29.9 Å². The Bertz CT molecular complexity index is 1050. The normalized spacial score (nSPS) is 19.8. The highest BCUT2D eigenvalue weighted by molar-refractivity contribution is 8.13. The molecule has 0 aromatic heterocycles. The maximum Gasteiger partial charge on any atom is 0.315 e. The Morgan fingerprint density at radius 1 is 1.18 bits per heavy atom. The first-order valence-corrected chi connectivity index (χ1v) is 14.5. The van der Waals surface area contributed by atoms with Gasteiger partial charge in [0, 0.05) is 36.2 Å². The minimum atomic E-state index is -1.14. The maximum atomic E-state index is 13.5. The fraction of sp³-hybridized carbons (Fsp3) is 0.643. The molecule has 0 aliphatic carbocycles. The van der Waals surface area contributed by atoms with Crippen LogP contribution in [0.25, 0.3) is 0 Å². The molecule has 1 aliphatic heterocycles. The van der Waals surface area contributed by atoms with Gasteiger partial charge in [0.1, 0.15) is 11.6 Å². The first-order chi connectivity index (χ1) is 18.0. The van der Waals surface area contributed by atoms with Crippen LogP contribution in [0.2, 0.25) is 5.02 Å². The van der Waals surface area contributed by atoms with Gasteiger partial charge < -0.3 is 25.4 Å². The number of esters is 1. The molecule has 2 atom stereocenters. The van der Waals surface area contributed by atoms with Crippen molar-refractivity contribution in [1.82, 2.24) is 15.5 Å². The third kappa shape index (κ3) is 9.11. The number of carbonyl (C=O) groups is 4. The maximum absolute atomic E-state index is 13.5. The first-order valence-electron chi connectivity index (χ1n) is 13.1. The van der Waals surface area contributed by atoms with Gasteiger partial charge in [-0.1, -0.05) is 63.2 Å². The molecule has 0 bridgehead atoms. The Labute approximate surface area is 240 Å². The minimum absolute atomic E-state index is 0.0360. The number of urea groups is 1. The molecule has 1 aliphatic rings. The van der Waals surface area contributed by atoms with E-state index in [2.05, 4.69) is 10.6 Å². The minimum Gasteiger partial charge on any atom is -0.458 e. The summed E-state index contributed by atoms with van der Waals surface area (Å²) < 4.78 is 5.44. The molecule has 1 heterocycles. The number of carbonyl (C=O) groups excluding carboxylic acids is 4. The number of amides is 3. The standard InChI is InChI=1S/C28H42ClN3O6S/c1-18(2)23(31-25(36)30-16-27(6,7)38-22(34)12-15-39-19(3)33)24(35)32-14-13-28(37,26(4,5)17-32)20-8-10-21(29)11-9-20/h8-11,18,23,37H,12-17H2,1-7H3,(H2,30,31,36)/t23-,28+/m1/s1. The van der Waals surface area contributed by atoms with Gasteiger partial charge in [-0.05, 0) is 43.9 Å². The monoisotopic (exact) mass is 583 g/mol. The van der Waals surface area contributed by atoms with Crippen molar-refractivity contribution in [2.45, 2.75) is 78.6 Å². The Kier molecular flexibility index (Phi) is 11.3. The van der Waals surface area contributed by atoms with E-state index < -0.39 is 34.7 Å². The van der Waals surface area contributed by atoms with Crippen molar-refractivity contribution in [2.75, 3.05) is 25.4 Å². The number of hydrogen-bond donors (Lipinski definition) is 3. The summed E-state index contributed by atoms with van der Waals surface area (Å²) in [6.07, 6.45) is 0.429. The lowest BCUT2D eigenvalue weighted by Gasteiger charge is -2.51. The smallest absolute Gasteiger partial charge is 0.315 e. The van der Waals surface area contributed by atoms with Gasteiger partial charge in [-0.25, -0.2) is 4.79 Å². The van der Waals surface area contributed by atoms with Crippen LogP contribution >= 0.6 is 23.4 Å². The molecule has 0 saturated carbocycles. The Balaban J connectivity index is 1.98. The fourth-order valence-electron chi connectivity index (χ4n) is 4.64. The Morgan fingerprint density at radius 2 is 1.79 bits per heavy atom. The van der Waals surface area contributed by atoms with Crippen LogP contribution in [0.1, 0.15) is 66.9 Å². The first kappa shape index (κ1) is 32.9. The third-order valence-electron chi connectivity index (χ3n) is 6.98. The average molecular weight is 584 g/mol. The number of piperidine rings is 1. The number of nitrogens with one attached hydrogen (secondary N) is 2. The van der Waals surface area contributed by atoms with Crippen molar-refractivity contribution >= 4 is 46.4 Å². The zero-order valence-electron chi connectivity index (χ0n) is 23.9. The zero-order chi connectivity index (χ0) is 29.6. The highest BCUT2D eigenvalue weighted by atomic mass is 35.5. The van der Waals surface area contributed by atoms with Crippen LogP contribution in [0, 0.1) is 11.3 Å². The van der Waals surface area contributed by atoms with Gasteiger partial charge in [0.2, 0.25) is 5.91 Å². The van der Waals surface area contributed by atoms with Crippen molar-refractivity contribution in [1.29, 1.82) is 0 Å². The summed E-state index contributed by atoms with van der Waals surface area (Å²) in [5.41, 5.74) is -2.02. The molecular formula is C28H42ClN3O6S. The molecule has 11 heteroatoms. The van der Waals surface area contributed by atoms with E-state index in [0.29, 0.717) is 30.3 Å². The predicted molar refractivity (Wildman–Crippen MR) is 153 cm³/mol. The van der Waals surface area contributed by atoms with E-state index in [9.17, 15) is 24.3 Å². The summed E-state index contributed by atoms with van der Waals surface area (Å²) in [5.74, 6) is -0.536. The zero-order valence-corrected chi connectivity index (χ0v) is 25.5. The molecule has 218 valence electrons. The number of hydrogen-bond acceptors (Lipinski definition) is 7. The highest BCUT2D eigenvalue weighted by Gasteiger charge is 2.50. The molecule has 0 unspecified atom stereocenters. The summed E-state index contributed by atoms with van der Waals surface area (Å²) in [7, 11) is 0. The summed E-state index contributed by atoms with van der Waals surface area (Å²) >= 11 is 7.08. The van der Waals surface area contributed by atoms with E-state index in [0.717, 1.165) is 17.3 Å². The van der Waals surface area contributed by atoms with Gasteiger partial charge in [-0.3, -0.25) is 14.4 Å². The number of rotatable bonds is 10. The van der Waals surface area contributed by atoms with Gasteiger partial charge in [-0.15, -0.1) is 0 Å². The number of aliphatic hydroxyl groups is 1. The average Bonchev–Trinajstić information content (AvgIpc) is 2.82. The van der Waals surface area contributed by atoms with Crippen molar-refractivity contribution in [3.8, 4) is 0 Å². The Hall–Kier alpha value is -2.30. The van der Waals surface area contributed by atoms with Crippen LogP contribution in [0.5, 0.6) is 0 Å². The third-order valence-corrected chi connectivity index (χ3v) is 8.05. The van der Waals surface area contributed by atoms with Crippen molar-refractivity contribution in [3.63, 3.8) is 0 Å². The quantitative estimate of drug-likeness (QED) is 0.354. The molecule has 0 radical (unpaired) electrons. The molecular weight excluding hydrogens is 542 g/mol. The molecule has 39 heavy (non-hydrogen) atoms. The SMILES string of the molecule is CC(=O)SCCC(=O)OC(C)(C)CNC(=O)N[C@@H](C(=O)N1CC[C@](O)(c2ccc(Cl)cc2)C(C)(C)C1)C(C)C. The van der Waals surface area contributed by atoms with Crippen molar-refractivity contribution in [2.24, 2.45) is 11.3 Å². The molecule has 1 aromatic rings. The summed E-state index contributed by atoms with van der Waals surface area (Å²) in [6.45, 7) is 13.0. The van der Waals surface area contributed by atoms with Gasteiger partial charge in [0.25, 0.3) is 0 Å². The largest absolute Gasteiger partial charge is 0.458 e. The summed E-state index contributed by atoms with van der Waals surface area (Å²) in [6, 6.07) is 5.79. The number of ether oxygens (including phenoxy) is 1. The second kappa shape index (κ2) is 13.4. The van der Waals surface area contributed by atoms with Crippen molar-refractivity contribution < 1.29 is 29.0 Å². The lowest BCUT2D eigenvalue weighted by molar-refractivity contribution is -0.156. The molecule has 3 N–H and O–H groups in total. The summed E-state index contributed by atoms with van der Waals surface area (Å²) in [4.78, 5) is 51.1. The van der Waals surface area contributed by atoms with Crippen molar-refractivity contribution in [3.05, 3.63) is 34.9 Å². The van der Waals surface area contributed by atoms with Gasteiger partial charge in [-0.2, -0.15) is 0 Å². The van der Waals surface area contributed by atoms with E-state index in [1.807, 2.05) is 39.8 Å². The van der Waals surface area contributed by atoms with Crippen LogP contribution in [0.15, 0.2) is 24.3 Å². The van der Waals surface area contributed by atoms with Gasteiger partial charge >= 0.3 is 12.0 Å². The highest BCUT2D eigenvalue weighted by Crippen LogP contribution is 2.46. The van der Waals surface area contributed by atoms with E-state index in [1.165, 1.54) is 6.92 Å². The van der Waals surface area contributed by atoms with Gasteiger partial charge in [0.05, 0.1) is 18.6 Å². The molecule has 1 aromatic carbocycles. The Morgan fingerprint density at radius 3 is 2.33 bits per heavy atom. The lowest BCUT2D eigenvalue weighted by Crippen LogP contribution is -2.61. The molecule has 1 fully saturated rings. The molecule has 2 rings (SSSR count). The molecule has 9 nitrogen and oxygen atoms in total. The molecule has 0 spiro atoms. The molecule has 1 saturated heterocycles. The van der Waals surface area contributed by atoms with Crippen LogP contribution in [-0.2, 0) is 24.7 Å². The lowest BCUT2D eigenvalue weighted by atomic mass is 9.66. The number of halogens is 1. The fourth-order valence-corrected chi connectivity index (χ4v) is 5.32.